The Labute approximate surface area is 124 Å². The van der Waals surface area contributed by atoms with Crippen LogP contribution in [-0.2, 0) is 16.1 Å². The molecule has 0 atom stereocenters. The minimum atomic E-state index is -1.07. The Morgan fingerprint density at radius 1 is 1.30 bits per heavy atom. The van der Waals surface area contributed by atoms with Gasteiger partial charge in [-0.25, -0.2) is 4.79 Å². The lowest BCUT2D eigenvalue weighted by atomic mass is 10.2. The third kappa shape index (κ3) is 5.83. The van der Waals surface area contributed by atoms with Crippen LogP contribution in [0.5, 0.6) is 0 Å². The molecule has 0 unspecified atom stereocenters. The molecule has 2 N–H and O–H groups in total. The highest BCUT2D eigenvalue weighted by Crippen LogP contribution is 2.12. The third-order valence-corrected chi connectivity index (χ3v) is 2.96. The van der Waals surface area contributed by atoms with Crippen LogP contribution < -0.4 is 5.32 Å². The lowest BCUT2D eigenvalue weighted by Crippen LogP contribution is -2.40. The molecule has 0 fully saturated rings. The van der Waals surface area contributed by atoms with Crippen molar-refractivity contribution >= 4 is 33.8 Å². The van der Waals surface area contributed by atoms with Crippen molar-refractivity contribution in [1.29, 1.82) is 0 Å². The zero-order chi connectivity index (χ0) is 15.1. The standard InChI is InChI=1S/C13H15BrN2O4/c1-16(8-9-3-2-4-10(14)7-9)13(20)15-11(17)5-6-12(18)19/h2-4,7H,5-6,8H2,1H3,(H,18,19)(H,15,17,20). The van der Waals surface area contributed by atoms with Gasteiger partial charge in [0.25, 0.3) is 0 Å². The molecule has 6 nitrogen and oxygen atoms in total. The number of carbonyl (C=O) groups is 3. The Kier molecular flexibility index (Phi) is 6.17. The molecule has 0 bridgehead atoms. The summed E-state index contributed by atoms with van der Waals surface area (Å²) in [5.74, 6) is -1.67. The lowest BCUT2D eigenvalue weighted by Gasteiger charge is -2.17. The summed E-state index contributed by atoms with van der Waals surface area (Å²) < 4.78 is 0.904. The van der Waals surface area contributed by atoms with E-state index in [1.807, 2.05) is 24.3 Å². The molecule has 0 radical (unpaired) electrons. The van der Waals surface area contributed by atoms with Crippen LogP contribution in [0, 0.1) is 0 Å². The van der Waals surface area contributed by atoms with E-state index < -0.39 is 17.9 Å². The predicted molar refractivity (Wildman–Crippen MR) is 76.0 cm³/mol. The van der Waals surface area contributed by atoms with E-state index in [-0.39, 0.29) is 12.8 Å². The van der Waals surface area contributed by atoms with E-state index in [1.54, 1.807) is 7.05 Å². The number of halogens is 1. The van der Waals surface area contributed by atoms with Crippen LogP contribution in [0.25, 0.3) is 0 Å². The Morgan fingerprint density at radius 2 is 2.00 bits per heavy atom. The highest BCUT2D eigenvalue weighted by Gasteiger charge is 2.13. The summed E-state index contributed by atoms with van der Waals surface area (Å²) >= 11 is 3.33. The topological polar surface area (TPSA) is 86.7 Å². The second-order valence-electron chi connectivity index (χ2n) is 4.23. The number of aliphatic carboxylic acids is 1. The molecule has 0 aliphatic carbocycles. The summed E-state index contributed by atoms with van der Waals surface area (Å²) in [6, 6.07) is 6.90. The summed E-state index contributed by atoms with van der Waals surface area (Å²) in [7, 11) is 1.56. The number of carboxylic acid groups (broad SMARTS) is 1. The van der Waals surface area contributed by atoms with Gasteiger partial charge in [-0.05, 0) is 17.7 Å². The molecule has 0 aliphatic heterocycles. The summed E-state index contributed by atoms with van der Waals surface area (Å²) in [6.07, 6.45) is -0.514. The maximum absolute atomic E-state index is 11.7. The molecule has 0 aliphatic rings. The number of carbonyl (C=O) groups excluding carboxylic acids is 2. The van der Waals surface area contributed by atoms with Gasteiger partial charge < -0.3 is 10.0 Å². The SMILES string of the molecule is CN(Cc1cccc(Br)c1)C(=O)NC(=O)CCC(=O)O. The fraction of sp³-hybridized carbons (Fsp3) is 0.308. The van der Waals surface area contributed by atoms with Crippen LogP contribution in [0.4, 0.5) is 4.79 Å². The number of carboxylic acids is 1. The summed E-state index contributed by atoms with van der Waals surface area (Å²) in [4.78, 5) is 34.7. The van der Waals surface area contributed by atoms with E-state index in [2.05, 4.69) is 21.2 Å². The number of hydrogen-bond acceptors (Lipinski definition) is 3. The molecule has 1 aromatic carbocycles. The number of urea groups is 1. The van der Waals surface area contributed by atoms with Crippen molar-refractivity contribution in [3.63, 3.8) is 0 Å². The fourth-order valence-corrected chi connectivity index (χ4v) is 1.93. The number of rotatable bonds is 5. The second-order valence-corrected chi connectivity index (χ2v) is 5.15. The molecule has 1 rings (SSSR count). The minimum absolute atomic E-state index is 0.216. The summed E-state index contributed by atoms with van der Waals surface area (Å²) in [5, 5.41) is 10.6. The van der Waals surface area contributed by atoms with Crippen LogP contribution in [0.15, 0.2) is 28.7 Å². The largest absolute Gasteiger partial charge is 0.481 e. The molecule has 0 heterocycles. The molecule has 1 aromatic rings. The number of amides is 3. The Bertz CT molecular complexity index is 519. The first kappa shape index (κ1) is 16.2. The van der Waals surface area contributed by atoms with Crippen LogP contribution in [0.3, 0.4) is 0 Å². The molecule has 0 saturated heterocycles. The normalized spacial score (nSPS) is 9.90. The van der Waals surface area contributed by atoms with Gasteiger partial charge in [-0.15, -0.1) is 0 Å². The van der Waals surface area contributed by atoms with Gasteiger partial charge in [-0.2, -0.15) is 0 Å². The van der Waals surface area contributed by atoms with Crippen molar-refractivity contribution in [2.75, 3.05) is 7.05 Å². The van der Waals surface area contributed by atoms with Crippen LogP contribution in [-0.4, -0.2) is 35.0 Å². The minimum Gasteiger partial charge on any atom is -0.481 e. The Balaban J connectivity index is 2.46. The van der Waals surface area contributed by atoms with Gasteiger partial charge in [0.1, 0.15) is 0 Å². The van der Waals surface area contributed by atoms with E-state index in [9.17, 15) is 14.4 Å². The number of nitrogens with zero attached hydrogens (tertiary/aromatic N) is 1. The highest BCUT2D eigenvalue weighted by molar-refractivity contribution is 9.10. The highest BCUT2D eigenvalue weighted by atomic mass is 79.9. The summed E-state index contributed by atoms with van der Waals surface area (Å²) in [6.45, 7) is 0.345. The van der Waals surface area contributed by atoms with Gasteiger partial charge in [-0.1, -0.05) is 28.1 Å². The van der Waals surface area contributed by atoms with E-state index in [0.29, 0.717) is 6.54 Å². The molecule has 0 spiro atoms. The van der Waals surface area contributed by atoms with Crippen LogP contribution in [0.2, 0.25) is 0 Å². The average Bonchev–Trinajstić information content (AvgIpc) is 2.36. The zero-order valence-electron chi connectivity index (χ0n) is 10.9. The molecular weight excluding hydrogens is 328 g/mol. The van der Waals surface area contributed by atoms with Crippen molar-refractivity contribution in [3.05, 3.63) is 34.3 Å². The van der Waals surface area contributed by atoms with Gasteiger partial charge in [-0.3, -0.25) is 14.9 Å². The fourth-order valence-electron chi connectivity index (χ4n) is 1.48. The first-order valence-corrected chi connectivity index (χ1v) is 6.69. The molecule has 0 aromatic heterocycles. The van der Waals surface area contributed by atoms with Gasteiger partial charge in [0.05, 0.1) is 6.42 Å². The van der Waals surface area contributed by atoms with Crippen molar-refractivity contribution in [2.45, 2.75) is 19.4 Å². The third-order valence-electron chi connectivity index (χ3n) is 2.47. The molecule has 0 saturated carbocycles. The smallest absolute Gasteiger partial charge is 0.324 e. The van der Waals surface area contributed by atoms with Crippen molar-refractivity contribution in [2.24, 2.45) is 0 Å². The first-order chi connectivity index (χ1) is 9.38. The Morgan fingerprint density at radius 3 is 2.60 bits per heavy atom. The van der Waals surface area contributed by atoms with E-state index in [4.69, 9.17) is 5.11 Å². The predicted octanol–water partition coefficient (Wildman–Crippen LogP) is 1.98. The molecule has 3 amide bonds. The van der Waals surface area contributed by atoms with Gasteiger partial charge >= 0.3 is 12.0 Å². The monoisotopic (exact) mass is 342 g/mol. The molecule has 20 heavy (non-hydrogen) atoms. The Hall–Kier alpha value is -1.89. The number of benzene rings is 1. The maximum atomic E-state index is 11.7. The van der Waals surface area contributed by atoms with E-state index in [0.717, 1.165) is 10.0 Å². The maximum Gasteiger partial charge on any atom is 0.324 e. The van der Waals surface area contributed by atoms with E-state index in [1.165, 1.54) is 4.90 Å². The van der Waals surface area contributed by atoms with Crippen molar-refractivity contribution < 1.29 is 19.5 Å². The quantitative estimate of drug-likeness (QED) is 0.856. The first-order valence-electron chi connectivity index (χ1n) is 5.89. The van der Waals surface area contributed by atoms with Crippen LogP contribution >= 0.6 is 15.9 Å². The molecule has 7 heteroatoms. The van der Waals surface area contributed by atoms with Crippen LogP contribution in [0.1, 0.15) is 18.4 Å². The number of nitrogens with one attached hydrogen (secondary N) is 1. The zero-order valence-corrected chi connectivity index (χ0v) is 12.5. The van der Waals surface area contributed by atoms with Gasteiger partial charge in [0.2, 0.25) is 5.91 Å². The van der Waals surface area contributed by atoms with Crippen molar-refractivity contribution in [1.82, 2.24) is 10.2 Å². The second kappa shape index (κ2) is 7.64. The van der Waals surface area contributed by atoms with Crippen molar-refractivity contribution in [3.8, 4) is 0 Å². The number of hydrogen-bond donors (Lipinski definition) is 2. The average molecular weight is 343 g/mol. The number of imide groups is 1. The summed E-state index contributed by atoms with van der Waals surface area (Å²) in [5.41, 5.74) is 0.912. The van der Waals surface area contributed by atoms with Gasteiger partial charge in [0, 0.05) is 24.5 Å². The van der Waals surface area contributed by atoms with Gasteiger partial charge in [0.15, 0.2) is 0 Å². The lowest BCUT2D eigenvalue weighted by molar-refractivity contribution is -0.138. The molecule has 108 valence electrons. The molecular formula is C13H15BrN2O4. The van der Waals surface area contributed by atoms with E-state index >= 15 is 0 Å².